The van der Waals surface area contributed by atoms with E-state index >= 15 is 0 Å². The maximum Gasteiger partial charge on any atom is 0.335 e. The van der Waals surface area contributed by atoms with E-state index in [1.54, 1.807) is 0 Å². The Balaban J connectivity index is 0.00000200. The number of carbonyl (C=O) groups is 3. The molecule has 0 saturated carbocycles. The topological polar surface area (TPSA) is 66.5 Å². The van der Waals surface area contributed by atoms with E-state index in [1.165, 1.54) is 4.90 Å². The Hall–Kier alpha value is -0.650. The van der Waals surface area contributed by atoms with Crippen LogP contribution in [0.5, 0.6) is 0 Å². The van der Waals surface area contributed by atoms with Gasteiger partial charge < -0.3 is 0 Å². The van der Waals surface area contributed by atoms with Crippen LogP contribution in [-0.2, 0) is 9.59 Å². The van der Waals surface area contributed by atoms with Gasteiger partial charge in [-0.3, -0.25) is 14.9 Å². The summed E-state index contributed by atoms with van der Waals surface area (Å²) in [7, 11) is 0. The maximum absolute atomic E-state index is 12.6. The molecule has 1 saturated heterocycles. The Morgan fingerprint density at radius 2 is 1.85 bits per heavy atom. The Morgan fingerprint density at radius 3 is 2.35 bits per heavy atom. The molecule has 1 N–H and O–H groups in total. The predicted octanol–water partition coefficient (Wildman–Crippen LogP) is 1.95. The third-order valence-electron chi connectivity index (χ3n) is 4.23. The number of nitrogens with zero attached hydrogens (tertiary/aromatic N) is 1. The normalized spacial score (nSPS) is 22.0. The van der Waals surface area contributed by atoms with Crippen LogP contribution in [0.4, 0.5) is 4.79 Å². The fourth-order valence-electron chi connectivity index (χ4n) is 2.83. The van der Waals surface area contributed by atoms with Crippen LogP contribution in [0.1, 0.15) is 52.4 Å². The molecule has 0 unspecified atom stereocenters. The predicted molar refractivity (Wildman–Crippen MR) is 75.7 cm³/mol. The number of hydrogen-bond donors (Lipinski definition) is 1. The Morgan fingerprint density at radius 1 is 1.20 bits per heavy atom. The third kappa shape index (κ3) is 2.71. The molecular weight excluding hydrogens is 267 g/mol. The smallest absolute Gasteiger partial charge is 0.276 e. The number of rotatable bonds is 3. The average molecular weight is 287 g/mol. The number of carbonyl (C=O) groups excluding carboxylic acids is 3. The summed E-state index contributed by atoms with van der Waals surface area (Å²) in [6, 6.07) is -0.597. The number of hydrogen-bond acceptors (Lipinski definition) is 3. The molecule has 0 aromatic heterocycles. The van der Waals surface area contributed by atoms with E-state index in [1.807, 2.05) is 19.9 Å². The van der Waals surface area contributed by atoms with Gasteiger partial charge in [0, 0.05) is 35.3 Å². The SMILES string of the molecule is CCC1(CC)C(=O)NC(=O)N(C2=CCCCC2)C1=O.[Na]. The van der Waals surface area contributed by atoms with E-state index in [9.17, 15) is 14.4 Å². The number of barbiturate groups is 1. The monoisotopic (exact) mass is 287 g/mol. The molecule has 0 atom stereocenters. The van der Waals surface area contributed by atoms with Crippen molar-refractivity contribution < 1.29 is 14.4 Å². The number of urea groups is 1. The summed E-state index contributed by atoms with van der Waals surface area (Å²) >= 11 is 0. The summed E-state index contributed by atoms with van der Waals surface area (Å²) in [6.07, 6.45) is 6.41. The number of allylic oxidation sites excluding steroid dienone is 2. The van der Waals surface area contributed by atoms with Crippen molar-refractivity contribution in [1.29, 1.82) is 0 Å². The van der Waals surface area contributed by atoms with Gasteiger partial charge in [0.1, 0.15) is 5.41 Å². The number of imide groups is 2. The van der Waals surface area contributed by atoms with Crippen LogP contribution in [0.15, 0.2) is 11.8 Å². The second-order valence-electron chi connectivity index (χ2n) is 5.13. The average Bonchev–Trinajstić information content (AvgIpc) is 2.41. The largest absolute Gasteiger partial charge is 0.335 e. The van der Waals surface area contributed by atoms with Crippen LogP contribution in [0.25, 0.3) is 0 Å². The summed E-state index contributed by atoms with van der Waals surface area (Å²) < 4.78 is 0. The van der Waals surface area contributed by atoms with E-state index in [4.69, 9.17) is 0 Å². The molecule has 105 valence electrons. The molecular formula is C14H20N2NaO3. The number of nitrogens with one attached hydrogen (secondary N) is 1. The molecule has 20 heavy (non-hydrogen) atoms. The summed E-state index contributed by atoms with van der Waals surface area (Å²) in [5.41, 5.74) is -0.348. The third-order valence-corrected chi connectivity index (χ3v) is 4.23. The van der Waals surface area contributed by atoms with Gasteiger partial charge in [0.2, 0.25) is 5.91 Å². The van der Waals surface area contributed by atoms with Crippen LogP contribution in [0, 0.1) is 5.41 Å². The molecule has 5 nitrogen and oxygen atoms in total. The molecule has 2 rings (SSSR count). The van der Waals surface area contributed by atoms with E-state index in [0.29, 0.717) is 12.8 Å². The van der Waals surface area contributed by atoms with E-state index in [0.717, 1.165) is 31.4 Å². The van der Waals surface area contributed by atoms with Crippen molar-refractivity contribution in [1.82, 2.24) is 10.2 Å². The van der Waals surface area contributed by atoms with Gasteiger partial charge in [0.05, 0.1) is 0 Å². The Labute approximate surface area is 141 Å². The molecule has 6 heteroatoms. The maximum atomic E-state index is 12.6. The molecule has 0 bridgehead atoms. The molecule has 0 spiro atoms. The molecule has 2 aliphatic rings. The summed E-state index contributed by atoms with van der Waals surface area (Å²) in [5, 5.41) is 2.34. The van der Waals surface area contributed by atoms with Gasteiger partial charge in [-0.2, -0.15) is 0 Å². The van der Waals surface area contributed by atoms with E-state index < -0.39 is 17.4 Å². The minimum absolute atomic E-state index is 0. The van der Waals surface area contributed by atoms with Crippen molar-refractivity contribution in [3.8, 4) is 0 Å². The van der Waals surface area contributed by atoms with Gasteiger partial charge >= 0.3 is 6.03 Å². The summed E-state index contributed by atoms with van der Waals surface area (Å²) in [6.45, 7) is 3.62. The quantitative estimate of drug-likeness (QED) is 0.637. The molecule has 0 aromatic carbocycles. The van der Waals surface area contributed by atoms with Crippen LogP contribution < -0.4 is 5.32 Å². The first-order valence-corrected chi connectivity index (χ1v) is 6.95. The van der Waals surface area contributed by atoms with Crippen molar-refractivity contribution in [2.75, 3.05) is 0 Å². The van der Waals surface area contributed by atoms with Gasteiger partial charge in [-0.05, 0) is 38.5 Å². The van der Waals surface area contributed by atoms with Crippen LogP contribution >= 0.6 is 0 Å². The van der Waals surface area contributed by atoms with Crippen molar-refractivity contribution >= 4 is 47.4 Å². The van der Waals surface area contributed by atoms with Crippen molar-refractivity contribution in [3.63, 3.8) is 0 Å². The van der Waals surface area contributed by atoms with E-state index in [2.05, 4.69) is 5.32 Å². The zero-order chi connectivity index (χ0) is 14.0. The molecule has 1 radical (unpaired) electrons. The number of amides is 4. The van der Waals surface area contributed by atoms with Gasteiger partial charge in [0.15, 0.2) is 0 Å². The van der Waals surface area contributed by atoms with Crippen LogP contribution in [0.3, 0.4) is 0 Å². The zero-order valence-electron chi connectivity index (χ0n) is 12.5. The summed E-state index contributed by atoms with van der Waals surface area (Å²) in [4.78, 5) is 37.8. The van der Waals surface area contributed by atoms with Crippen LogP contribution in [0.2, 0.25) is 0 Å². The Bertz CT molecular complexity index is 455. The fourth-order valence-corrected chi connectivity index (χ4v) is 2.83. The Kier molecular flexibility index (Phi) is 5.98. The van der Waals surface area contributed by atoms with Crippen molar-refractivity contribution in [3.05, 3.63) is 11.8 Å². The standard InChI is InChI=1S/C14H20N2O3.Na/c1-3-14(4-2)11(17)15-13(19)16(12(14)18)10-8-6-5-7-9-10;/h8H,3-7,9H2,1-2H3,(H,15,17,19);. The van der Waals surface area contributed by atoms with Gasteiger partial charge in [-0.15, -0.1) is 0 Å². The first kappa shape index (κ1) is 17.4. The van der Waals surface area contributed by atoms with Gasteiger partial charge in [0.25, 0.3) is 5.91 Å². The molecule has 1 aliphatic carbocycles. The van der Waals surface area contributed by atoms with Gasteiger partial charge in [-0.25, -0.2) is 9.69 Å². The minimum atomic E-state index is -1.09. The van der Waals surface area contributed by atoms with E-state index in [-0.39, 0.29) is 35.5 Å². The minimum Gasteiger partial charge on any atom is -0.276 e. The summed E-state index contributed by atoms with van der Waals surface area (Å²) in [5.74, 6) is -0.820. The molecule has 1 aliphatic heterocycles. The second kappa shape index (κ2) is 6.87. The first-order chi connectivity index (χ1) is 9.06. The van der Waals surface area contributed by atoms with Crippen molar-refractivity contribution in [2.24, 2.45) is 5.41 Å². The van der Waals surface area contributed by atoms with Crippen molar-refractivity contribution in [2.45, 2.75) is 52.4 Å². The molecule has 1 fully saturated rings. The second-order valence-corrected chi connectivity index (χ2v) is 5.13. The molecule has 4 amide bonds. The molecule has 1 heterocycles. The first-order valence-electron chi connectivity index (χ1n) is 6.95. The zero-order valence-corrected chi connectivity index (χ0v) is 14.5. The van der Waals surface area contributed by atoms with Gasteiger partial charge in [-0.1, -0.05) is 19.9 Å². The fraction of sp³-hybridized carbons (Fsp3) is 0.643. The molecule has 0 aromatic rings. The van der Waals surface area contributed by atoms with Crippen LogP contribution in [-0.4, -0.2) is 52.3 Å².